The van der Waals surface area contributed by atoms with E-state index < -0.39 is 29.4 Å². The zero-order chi connectivity index (χ0) is 19.4. The number of anilines is 2. The van der Waals surface area contributed by atoms with E-state index in [1.54, 1.807) is 25.1 Å². The van der Waals surface area contributed by atoms with Gasteiger partial charge in [0.15, 0.2) is 11.6 Å². The Morgan fingerprint density at radius 3 is 2.15 bits per heavy atom. The first-order valence-corrected chi connectivity index (χ1v) is 8.44. The summed E-state index contributed by atoms with van der Waals surface area (Å²) in [7, 11) is 0. The van der Waals surface area contributed by atoms with Crippen LogP contribution in [-0.2, 0) is 16.0 Å². The Labute approximate surface area is 159 Å². The molecule has 138 valence electrons. The fraction of sp³-hybridized carbons (Fsp3) is 0.222. The Balaban J connectivity index is 2.17. The zero-order valence-corrected chi connectivity index (χ0v) is 15.5. The molecule has 0 heterocycles. The van der Waals surface area contributed by atoms with Crippen LogP contribution in [0.5, 0.6) is 0 Å². The fourth-order valence-electron chi connectivity index (χ4n) is 2.31. The van der Waals surface area contributed by atoms with Crippen molar-refractivity contribution in [2.45, 2.75) is 20.3 Å². The van der Waals surface area contributed by atoms with Crippen LogP contribution in [0, 0.1) is 17.6 Å². The third kappa shape index (κ3) is 5.16. The van der Waals surface area contributed by atoms with Gasteiger partial charge in [-0.15, -0.1) is 0 Å². The van der Waals surface area contributed by atoms with Crippen LogP contribution < -0.4 is 10.6 Å². The molecular formula is C18H16Cl2F2N2O2. The van der Waals surface area contributed by atoms with Gasteiger partial charge in [-0.2, -0.15) is 0 Å². The molecule has 2 amide bonds. The second-order valence-electron chi connectivity index (χ2n) is 5.82. The maximum atomic E-state index is 13.5. The van der Waals surface area contributed by atoms with Crippen LogP contribution in [0.15, 0.2) is 30.3 Å². The molecular weight excluding hydrogens is 385 g/mol. The van der Waals surface area contributed by atoms with Gasteiger partial charge < -0.3 is 10.6 Å². The van der Waals surface area contributed by atoms with Gasteiger partial charge in [0.2, 0.25) is 11.8 Å². The van der Waals surface area contributed by atoms with Crippen LogP contribution in [0.4, 0.5) is 20.2 Å². The third-order valence-electron chi connectivity index (χ3n) is 3.62. The molecule has 0 radical (unpaired) electrons. The number of carbonyl (C=O) groups excluding carboxylic acids is 2. The summed E-state index contributed by atoms with van der Waals surface area (Å²) in [6, 6.07) is 6.59. The van der Waals surface area contributed by atoms with Crippen molar-refractivity contribution in [3.63, 3.8) is 0 Å². The minimum Gasteiger partial charge on any atom is -0.324 e. The first kappa shape index (κ1) is 20.1. The Kier molecular flexibility index (Phi) is 6.56. The average molecular weight is 401 g/mol. The average Bonchev–Trinajstić information content (AvgIpc) is 2.54. The highest BCUT2D eigenvalue weighted by Crippen LogP contribution is 2.27. The number of amides is 2. The van der Waals surface area contributed by atoms with Gasteiger partial charge in [-0.3, -0.25) is 9.59 Å². The lowest BCUT2D eigenvalue weighted by atomic mass is 10.00. The third-order valence-corrected chi connectivity index (χ3v) is 4.20. The highest BCUT2D eigenvalue weighted by atomic mass is 35.5. The molecule has 2 rings (SSSR count). The molecule has 0 aromatic heterocycles. The van der Waals surface area contributed by atoms with E-state index in [9.17, 15) is 18.4 Å². The minimum atomic E-state index is -1.14. The molecule has 0 saturated heterocycles. The summed E-state index contributed by atoms with van der Waals surface area (Å²) in [6.07, 6.45) is 0.320. The number of carbonyl (C=O) groups is 2. The van der Waals surface area contributed by atoms with Crippen molar-refractivity contribution in [2.24, 2.45) is 5.92 Å². The van der Waals surface area contributed by atoms with Crippen LogP contribution in [0.2, 0.25) is 10.0 Å². The Hall–Kier alpha value is -2.18. The van der Waals surface area contributed by atoms with Gasteiger partial charge in [0.05, 0.1) is 11.4 Å². The van der Waals surface area contributed by atoms with Crippen molar-refractivity contribution < 1.29 is 18.4 Å². The molecule has 1 unspecified atom stereocenters. The molecule has 0 aliphatic rings. The van der Waals surface area contributed by atoms with Crippen molar-refractivity contribution in [3.8, 4) is 0 Å². The highest BCUT2D eigenvalue weighted by Gasteiger charge is 2.19. The highest BCUT2D eigenvalue weighted by molar-refractivity contribution is 6.35. The number of nitrogens with one attached hydrogen (secondary N) is 2. The quantitative estimate of drug-likeness (QED) is 0.737. The van der Waals surface area contributed by atoms with E-state index in [1.807, 2.05) is 0 Å². The first-order valence-electron chi connectivity index (χ1n) is 7.68. The summed E-state index contributed by atoms with van der Waals surface area (Å²) in [6.45, 7) is 2.89. The topological polar surface area (TPSA) is 58.2 Å². The number of hydrogen-bond donors (Lipinski definition) is 2. The number of benzene rings is 2. The lowest BCUT2D eigenvalue weighted by Crippen LogP contribution is -2.23. The molecule has 4 nitrogen and oxygen atoms in total. The van der Waals surface area contributed by atoms with Gasteiger partial charge in [-0.25, -0.2) is 8.78 Å². The van der Waals surface area contributed by atoms with Gasteiger partial charge >= 0.3 is 0 Å². The second-order valence-corrected chi connectivity index (χ2v) is 6.67. The summed E-state index contributed by atoms with van der Waals surface area (Å²) in [5.74, 6) is -3.70. The Morgan fingerprint density at radius 1 is 1.04 bits per heavy atom. The Morgan fingerprint density at radius 2 is 1.62 bits per heavy atom. The molecule has 1 atom stereocenters. The summed E-state index contributed by atoms with van der Waals surface area (Å²) < 4.78 is 26.9. The molecule has 0 aliphatic heterocycles. The summed E-state index contributed by atoms with van der Waals surface area (Å²) in [5.41, 5.74) is 0.672. The minimum absolute atomic E-state index is 0.0264. The largest absolute Gasteiger partial charge is 0.324 e. The molecule has 2 N–H and O–H groups in total. The SMILES string of the molecule is CC(=O)Nc1cc(F)c(F)cc1NC(=O)C(C)Cc1ccc(Cl)cc1Cl. The van der Waals surface area contributed by atoms with Crippen molar-refractivity contribution in [1.29, 1.82) is 0 Å². The van der Waals surface area contributed by atoms with Crippen molar-refractivity contribution in [2.75, 3.05) is 10.6 Å². The van der Waals surface area contributed by atoms with E-state index in [0.29, 0.717) is 16.5 Å². The number of hydrogen-bond acceptors (Lipinski definition) is 2. The molecule has 0 bridgehead atoms. The van der Waals surface area contributed by atoms with E-state index in [2.05, 4.69) is 10.6 Å². The molecule has 8 heteroatoms. The maximum absolute atomic E-state index is 13.5. The van der Waals surface area contributed by atoms with Gasteiger partial charge in [-0.05, 0) is 24.1 Å². The van der Waals surface area contributed by atoms with Gasteiger partial charge in [0.1, 0.15) is 0 Å². The fourth-order valence-corrected chi connectivity index (χ4v) is 2.79. The first-order chi connectivity index (χ1) is 12.2. The van der Waals surface area contributed by atoms with E-state index in [1.165, 1.54) is 6.92 Å². The summed E-state index contributed by atoms with van der Waals surface area (Å²) in [5, 5.41) is 5.78. The molecule has 0 spiro atoms. The Bertz CT molecular complexity index is 859. The molecule has 0 fully saturated rings. The van der Waals surface area contributed by atoms with Crippen molar-refractivity contribution >= 4 is 46.4 Å². The number of halogens is 4. The lowest BCUT2D eigenvalue weighted by molar-refractivity contribution is -0.119. The molecule has 2 aromatic carbocycles. The van der Waals surface area contributed by atoms with Crippen LogP contribution in [-0.4, -0.2) is 11.8 Å². The maximum Gasteiger partial charge on any atom is 0.227 e. The molecule has 0 saturated carbocycles. The molecule has 26 heavy (non-hydrogen) atoms. The number of rotatable bonds is 5. The monoisotopic (exact) mass is 400 g/mol. The summed E-state index contributed by atoms with van der Waals surface area (Å²) >= 11 is 11.9. The van der Waals surface area contributed by atoms with Crippen LogP contribution >= 0.6 is 23.2 Å². The molecule has 0 aliphatic carbocycles. The summed E-state index contributed by atoms with van der Waals surface area (Å²) in [4.78, 5) is 23.6. The van der Waals surface area contributed by atoms with Gasteiger partial charge in [0, 0.05) is 35.0 Å². The lowest BCUT2D eigenvalue weighted by Gasteiger charge is -2.16. The normalized spacial score (nSPS) is 11.8. The standard InChI is InChI=1S/C18H16Cl2F2N2O2/c1-9(5-11-3-4-12(19)6-13(11)20)18(26)24-17-8-15(22)14(21)7-16(17)23-10(2)25/h3-4,6-9H,5H2,1-2H3,(H,23,25)(H,24,26). The van der Waals surface area contributed by atoms with E-state index in [4.69, 9.17) is 23.2 Å². The van der Waals surface area contributed by atoms with Crippen LogP contribution in [0.3, 0.4) is 0 Å². The van der Waals surface area contributed by atoms with Crippen molar-refractivity contribution in [3.05, 3.63) is 57.6 Å². The van der Waals surface area contributed by atoms with E-state index in [-0.39, 0.29) is 11.4 Å². The smallest absolute Gasteiger partial charge is 0.227 e. The van der Waals surface area contributed by atoms with Crippen LogP contribution in [0.1, 0.15) is 19.4 Å². The second kappa shape index (κ2) is 8.47. The van der Waals surface area contributed by atoms with E-state index >= 15 is 0 Å². The van der Waals surface area contributed by atoms with Crippen LogP contribution in [0.25, 0.3) is 0 Å². The predicted octanol–water partition coefficient (Wildman–Crippen LogP) is 5.05. The zero-order valence-electron chi connectivity index (χ0n) is 14.0. The van der Waals surface area contributed by atoms with Gasteiger partial charge in [0.25, 0.3) is 0 Å². The predicted molar refractivity (Wildman–Crippen MR) is 98.6 cm³/mol. The molecule has 2 aromatic rings. The van der Waals surface area contributed by atoms with E-state index in [0.717, 1.165) is 17.7 Å². The van der Waals surface area contributed by atoms with Gasteiger partial charge in [-0.1, -0.05) is 36.2 Å². The van der Waals surface area contributed by atoms with Crippen molar-refractivity contribution in [1.82, 2.24) is 0 Å².